The molecule has 0 aliphatic heterocycles. The van der Waals surface area contributed by atoms with E-state index in [4.69, 9.17) is 5.73 Å². The maximum atomic E-state index is 5.99. The molecule has 3 N–H and O–H groups in total. The molecule has 0 amide bonds. The second-order valence-corrected chi connectivity index (χ2v) is 4.35. The molecule has 2 heteroatoms. The van der Waals surface area contributed by atoms with Crippen molar-refractivity contribution in [1.29, 1.82) is 0 Å². The summed E-state index contributed by atoms with van der Waals surface area (Å²) in [5.41, 5.74) is 5.99. The van der Waals surface area contributed by atoms with Gasteiger partial charge in [-0.15, -0.1) is 0 Å². The molecule has 2 aliphatic rings. The van der Waals surface area contributed by atoms with Crippen molar-refractivity contribution >= 4 is 0 Å². The van der Waals surface area contributed by atoms with Gasteiger partial charge in [-0.3, -0.25) is 0 Å². The minimum Gasteiger partial charge on any atom is -0.326 e. The zero-order valence-electron chi connectivity index (χ0n) is 7.76. The smallest absolute Gasteiger partial charge is 0.0221 e. The van der Waals surface area contributed by atoms with Crippen LogP contribution >= 0.6 is 0 Å². The molecule has 0 saturated heterocycles. The first-order chi connectivity index (χ1) is 5.86. The van der Waals surface area contributed by atoms with E-state index >= 15 is 0 Å². The molecule has 0 aromatic heterocycles. The fraction of sp³-hybridized carbons (Fsp3) is 1.00. The maximum Gasteiger partial charge on any atom is 0.0221 e. The molecule has 0 bridgehead atoms. The van der Waals surface area contributed by atoms with Crippen LogP contribution in [0.3, 0.4) is 0 Å². The van der Waals surface area contributed by atoms with Crippen molar-refractivity contribution in [3.05, 3.63) is 0 Å². The first kappa shape index (κ1) is 8.52. The Morgan fingerprint density at radius 1 is 0.917 bits per heavy atom. The molecule has 2 nitrogen and oxygen atoms in total. The molecular formula is C10H20N2. The van der Waals surface area contributed by atoms with E-state index in [1.165, 1.54) is 44.9 Å². The molecule has 70 valence electrons. The molecule has 2 fully saturated rings. The largest absolute Gasteiger partial charge is 0.326 e. The van der Waals surface area contributed by atoms with Crippen LogP contribution in [-0.2, 0) is 0 Å². The summed E-state index contributed by atoms with van der Waals surface area (Å²) in [6, 6.07) is 1.86. The molecule has 2 saturated carbocycles. The van der Waals surface area contributed by atoms with Gasteiger partial charge >= 0.3 is 0 Å². The molecule has 12 heavy (non-hydrogen) atoms. The van der Waals surface area contributed by atoms with E-state index in [-0.39, 0.29) is 0 Å². The van der Waals surface area contributed by atoms with E-state index in [1.54, 1.807) is 0 Å². The van der Waals surface area contributed by atoms with Crippen LogP contribution < -0.4 is 11.1 Å². The van der Waals surface area contributed by atoms with Crippen molar-refractivity contribution in [2.75, 3.05) is 0 Å². The van der Waals surface area contributed by atoms with Crippen LogP contribution in [0.4, 0.5) is 0 Å². The van der Waals surface area contributed by atoms with Gasteiger partial charge in [-0.05, 0) is 25.7 Å². The number of nitrogens with one attached hydrogen (secondary N) is 1. The Hall–Kier alpha value is -0.0800. The highest BCUT2D eigenvalue weighted by Crippen LogP contribution is 2.23. The second-order valence-electron chi connectivity index (χ2n) is 4.35. The third kappa shape index (κ3) is 1.80. The first-order valence-corrected chi connectivity index (χ1v) is 5.38. The van der Waals surface area contributed by atoms with Crippen LogP contribution in [0.15, 0.2) is 0 Å². The Morgan fingerprint density at radius 2 is 1.67 bits per heavy atom. The van der Waals surface area contributed by atoms with Crippen molar-refractivity contribution in [3.8, 4) is 0 Å². The summed E-state index contributed by atoms with van der Waals surface area (Å²) in [7, 11) is 0. The van der Waals surface area contributed by atoms with E-state index in [2.05, 4.69) is 5.32 Å². The molecule has 2 atom stereocenters. The van der Waals surface area contributed by atoms with Gasteiger partial charge in [-0.2, -0.15) is 0 Å². The number of hydrogen-bond donors (Lipinski definition) is 2. The number of rotatable bonds is 2. The Morgan fingerprint density at radius 3 is 2.25 bits per heavy atom. The van der Waals surface area contributed by atoms with Gasteiger partial charge in [0.2, 0.25) is 0 Å². The van der Waals surface area contributed by atoms with Crippen LogP contribution in [0, 0.1) is 0 Å². The van der Waals surface area contributed by atoms with Crippen molar-refractivity contribution in [3.63, 3.8) is 0 Å². The SMILES string of the molecule is NC1CCCC1NC1CCCC1. The summed E-state index contributed by atoms with van der Waals surface area (Å²) in [5, 5.41) is 3.70. The van der Waals surface area contributed by atoms with E-state index in [9.17, 15) is 0 Å². The molecule has 0 spiro atoms. The second kappa shape index (κ2) is 3.75. The Bertz CT molecular complexity index is 141. The van der Waals surface area contributed by atoms with Gasteiger partial charge in [0, 0.05) is 18.1 Å². The van der Waals surface area contributed by atoms with Crippen LogP contribution in [0.25, 0.3) is 0 Å². The van der Waals surface area contributed by atoms with Crippen LogP contribution in [0.5, 0.6) is 0 Å². The van der Waals surface area contributed by atoms with E-state index < -0.39 is 0 Å². The zero-order valence-corrected chi connectivity index (χ0v) is 7.76. The summed E-state index contributed by atoms with van der Waals surface area (Å²) >= 11 is 0. The van der Waals surface area contributed by atoms with Gasteiger partial charge in [0.05, 0.1) is 0 Å². The summed E-state index contributed by atoms with van der Waals surface area (Å²) in [4.78, 5) is 0. The molecule has 2 rings (SSSR count). The van der Waals surface area contributed by atoms with Crippen LogP contribution in [-0.4, -0.2) is 18.1 Å². The topological polar surface area (TPSA) is 38.0 Å². The minimum atomic E-state index is 0.436. The normalized spacial score (nSPS) is 37.8. The average Bonchev–Trinajstić information content (AvgIpc) is 2.65. The zero-order chi connectivity index (χ0) is 8.39. The van der Waals surface area contributed by atoms with Gasteiger partial charge in [0.25, 0.3) is 0 Å². The monoisotopic (exact) mass is 168 g/mol. The van der Waals surface area contributed by atoms with Crippen LogP contribution in [0.2, 0.25) is 0 Å². The summed E-state index contributed by atoms with van der Waals surface area (Å²) < 4.78 is 0. The van der Waals surface area contributed by atoms with E-state index in [0.29, 0.717) is 12.1 Å². The van der Waals surface area contributed by atoms with Gasteiger partial charge in [-0.25, -0.2) is 0 Å². The van der Waals surface area contributed by atoms with Crippen molar-refractivity contribution in [2.24, 2.45) is 5.73 Å². The van der Waals surface area contributed by atoms with Crippen molar-refractivity contribution in [1.82, 2.24) is 5.32 Å². The molecule has 2 unspecified atom stereocenters. The quantitative estimate of drug-likeness (QED) is 0.654. The minimum absolute atomic E-state index is 0.436. The summed E-state index contributed by atoms with van der Waals surface area (Å²) in [5.74, 6) is 0. The number of nitrogens with two attached hydrogens (primary N) is 1. The Labute approximate surface area is 74.9 Å². The first-order valence-electron chi connectivity index (χ1n) is 5.38. The molecule has 0 heterocycles. The van der Waals surface area contributed by atoms with Gasteiger partial charge in [0.1, 0.15) is 0 Å². The third-order valence-corrected chi connectivity index (χ3v) is 3.37. The summed E-state index contributed by atoms with van der Waals surface area (Å²) in [6.45, 7) is 0. The lowest BCUT2D eigenvalue weighted by atomic mass is 10.1. The van der Waals surface area contributed by atoms with Crippen LogP contribution in [0.1, 0.15) is 44.9 Å². The lowest BCUT2D eigenvalue weighted by Crippen LogP contribution is -2.45. The van der Waals surface area contributed by atoms with E-state index in [1.807, 2.05) is 0 Å². The summed E-state index contributed by atoms with van der Waals surface area (Å²) in [6.07, 6.45) is 9.44. The highest BCUT2D eigenvalue weighted by Gasteiger charge is 2.26. The van der Waals surface area contributed by atoms with Gasteiger partial charge < -0.3 is 11.1 Å². The molecular weight excluding hydrogens is 148 g/mol. The molecule has 0 aromatic carbocycles. The van der Waals surface area contributed by atoms with Gasteiger partial charge in [-0.1, -0.05) is 19.3 Å². The highest BCUT2D eigenvalue weighted by atomic mass is 15.0. The lowest BCUT2D eigenvalue weighted by molar-refractivity contribution is 0.407. The third-order valence-electron chi connectivity index (χ3n) is 3.37. The Balaban J connectivity index is 1.77. The molecule has 0 aromatic rings. The van der Waals surface area contributed by atoms with E-state index in [0.717, 1.165) is 6.04 Å². The van der Waals surface area contributed by atoms with Crippen molar-refractivity contribution < 1.29 is 0 Å². The Kier molecular flexibility index (Phi) is 2.66. The molecule has 0 radical (unpaired) electrons. The maximum absolute atomic E-state index is 5.99. The van der Waals surface area contributed by atoms with Crippen molar-refractivity contribution in [2.45, 2.75) is 63.1 Å². The number of hydrogen-bond acceptors (Lipinski definition) is 2. The predicted molar refractivity (Wildman–Crippen MR) is 51.0 cm³/mol. The predicted octanol–water partition coefficient (Wildman–Crippen LogP) is 1.40. The fourth-order valence-electron chi connectivity index (χ4n) is 2.59. The average molecular weight is 168 g/mol. The van der Waals surface area contributed by atoms with Gasteiger partial charge in [0.15, 0.2) is 0 Å². The highest BCUT2D eigenvalue weighted by molar-refractivity contribution is 4.89. The molecule has 2 aliphatic carbocycles. The lowest BCUT2D eigenvalue weighted by Gasteiger charge is -2.21. The fourth-order valence-corrected chi connectivity index (χ4v) is 2.59. The standard InChI is InChI=1S/C10H20N2/c11-9-6-3-7-10(9)12-8-4-1-2-5-8/h8-10,12H,1-7,11H2.